The van der Waals surface area contributed by atoms with Gasteiger partial charge in [-0.25, -0.2) is 4.39 Å². The number of halogens is 1. The maximum Gasteiger partial charge on any atom is 0.127 e. The summed E-state index contributed by atoms with van der Waals surface area (Å²) >= 11 is 0. The van der Waals surface area contributed by atoms with E-state index in [1.54, 1.807) is 6.07 Å². The Balaban J connectivity index is 2.42. The van der Waals surface area contributed by atoms with Crippen LogP contribution in [0.5, 0.6) is 0 Å². The minimum Gasteiger partial charge on any atom is -0.300 e. The molecule has 0 saturated heterocycles. The lowest BCUT2D eigenvalue weighted by Crippen LogP contribution is -2.24. The van der Waals surface area contributed by atoms with Crippen LogP contribution in [-0.2, 0) is 0 Å². The van der Waals surface area contributed by atoms with Crippen LogP contribution in [0.1, 0.15) is 51.6 Å². The third-order valence-electron chi connectivity index (χ3n) is 3.88. The highest BCUT2D eigenvalue weighted by atomic mass is 19.1. The fourth-order valence-electron chi connectivity index (χ4n) is 2.23. The van der Waals surface area contributed by atoms with E-state index in [0.717, 1.165) is 31.4 Å². The SMILES string of the molecule is CC(c1ccccc1F)N(C)CCCCC(C)(C)C#N. The molecule has 0 aliphatic carbocycles. The lowest BCUT2D eigenvalue weighted by molar-refractivity contribution is 0.246. The second-order valence-corrected chi connectivity index (χ2v) is 6.13. The smallest absolute Gasteiger partial charge is 0.127 e. The molecule has 0 bridgehead atoms. The van der Waals surface area contributed by atoms with Crippen LogP contribution in [0.15, 0.2) is 24.3 Å². The minimum absolute atomic E-state index is 0.0696. The molecule has 0 amide bonds. The molecule has 1 aromatic carbocycles. The van der Waals surface area contributed by atoms with E-state index in [2.05, 4.69) is 11.0 Å². The number of rotatable bonds is 7. The summed E-state index contributed by atoms with van der Waals surface area (Å²) in [7, 11) is 2.02. The number of benzene rings is 1. The van der Waals surface area contributed by atoms with E-state index in [1.165, 1.54) is 6.07 Å². The van der Waals surface area contributed by atoms with Crippen molar-refractivity contribution in [3.8, 4) is 6.07 Å². The molecule has 20 heavy (non-hydrogen) atoms. The van der Waals surface area contributed by atoms with Crippen LogP contribution in [0.2, 0.25) is 0 Å². The fourth-order valence-corrected chi connectivity index (χ4v) is 2.23. The van der Waals surface area contributed by atoms with Crippen molar-refractivity contribution < 1.29 is 4.39 Å². The zero-order chi connectivity index (χ0) is 15.2. The summed E-state index contributed by atoms with van der Waals surface area (Å²) in [6.45, 7) is 6.88. The van der Waals surface area contributed by atoms with Crippen LogP contribution >= 0.6 is 0 Å². The maximum absolute atomic E-state index is 13.7. The Kier molecular flexibility index (Phi) is 6.16. The van der Waals surface area contributed by atoms with Crippen LogP contribution in [-0.4, -0.2) is 18.5 Å². The molecular weight excluding hydrogens is 251 g/mol. The highest BCUT2D eigenvalue weighted by Gasteiger charge is 2.17. The molecule has 0 spiro atoms. The lowest BCUT2D eigenvalue weighted by Gasteiger charge is -2.25. The third kappa shape index (κ3) is 4.94. The zero-order valence-corrected chi connectivity index (χ0v) is 13.0. The largest absolute Gasteiger partial charge is 0.300 e. The summed E-state index contributed by atoms with van der Waals surface area (Å²) in [5, 5.41) is 8.97. The van der Waals surface area contributed by atoms with Gasteiger partial charge in [-0.2, -0.15) is 5.26 Å². The first-order valence-corrected chi connectivity index (χ1v) is 7.23. The van der Waals surface area contributed by atoms with Gasteiger partial charge >= 0.3 is 0 Å². The number of nitrogens with zero attached hydrogens (tertiary/aromatic N) is 2. The average molecular weight is 276 g/mol. The van der Waals surface area contributed by atoms with E-state index in [4.69, 9.17) is 5.26 Å². The Morgan fingerprint density at radius 2 is 1.95 bits per heavy atom. The van der Waals surface area contributed by atoms with Crippen molar-refractivity contribution in [2.75, 3.05) is 13.6 Å². The Morgan fingerprint density at radius 3 is 2.55 bits per heavy atom. The van der Waals surface area contributed by atoms with Gasteiger partial charge < -0.3 is 0 Å². The van der Waals surface area contributed by atoms with Crippen molar-refractivity contribution >= 4 is 0 Å². The molecule has 1 atom stereocenters. The first-order chi connectivity index (χ1) is 9.37. The molecular formula is C17H25FN2. The Hall–Kier alpha value is -1.40. The number of nitriles is 1. The molecule has 0 saturated carbocycles. The van der Waals surface area contributed by atoms with E-state index in [-0.39, 0.29) is 17.3 Å². The van der Waals surface area contributed by atoms with Gasteiger partial charge in [-0.05, 0) is 53.3 Å². The first-order valence-electron chi connectivity index (χ1n) is 7.23. The third-order valence-corrected chi connectivity index (χ3v) is 3.88. The summed E-state index contributed by atoms with van der Waals surface area (Å²) in [5.74, 6) is -0.141. The fraction of sp³-hybridized carbons (Fsp3) is 0.588. The monoisotopic (exact) mass is 276 g/mol. The van der Waals surface area contributed by atoms with E-state index in [1.807, 2.05) is 40.0 Å². The number of hydrogen-bond acceptors (Lipinski definition) is 2. The van der Waals surface area contributed by atoms with Gasteiger partial charge in [-0.1, -0.05) is 24.6 Å². The number of hydrogen-bond donors (Lipinski definition) is 0. The molecule has 0 aliphatic rings. The van der Waals surface area contributed by atoms with E-state index < -0.39 is 0 Å². The van der Waals surface area contributed by atoms with Crippen molar-refractivity contribution in [2.45, 2.75) is 46.1 Å². The Morgan fingerprint density at radius 1 is 1.30 bits per heavy atom. The zero-order valence-electron chi connectivity index (χ0n) is 13.0. The van der Waals surface area contributed by atoms with Crippen molar-refractivity contribution in [1.82, 2.24) is 4.90 Å². The van der Waals surface area contributed by atoms with E-state index >= 15 is 0 Å². The molecule has 0 heterocycles. The summed E-state index contributed by atoms with van der Waals surface area (Å²) in [6, 6.07) is 9.33. The standard InChI is InChI=1S/C17H25FN2/c1-14(15-9-5-6-10-16(15)18)20(4)12-8-7-11-17(2,3)13-19/h5-6,9-10,14H,7-8,11-12H2,1-4H3. The van der Waals surface area contributed by atoms with Gasteiger partial charge in [0, 0.05) is 11.6 Å². The van der Waals surface area contributed by atoms with E-state index in [0.29, 0.717) is 0 Å². The van der Waals surface area contributed by atoms with Crippen LogP contribution in [0.25, 0.3) is 0 Å². The predicted molar refractivity (Wildman–Crippen MR) is 80.7 cm³/mol. The highest BCUT2D eigenvalue weighted by Crippen LogP contribution is 2.24. The highest BCUT2D eigenvalue weighted by molar-refractivity contribution is 5.20. The van der Waals surface area contributed by atoms with Gasteiger partial charge in [-0.15, -0.1) is 0 Å². The Labute approximate surface area is 122 Å². The molecule has 1 unspecified atom stereocenters. The van der Waals surface area contributed by atoms with Crippen LogP contribution in [0, 0.1) is 22.6 Å². The molecule has 0 aliphatic heterocycles. The molecule has 1 rings (SSSR count). The quantitative estimate of drug-likeness (QED) is 0.684. The van der Waals surface area contributed by atoms with Crippen LogP contribution in [0.3, 0.4) is 0 Å². The van der Waals surface area contributed by atoms with Crippen molar-refractivity contribution in [1.29, 1.82) is 5.26 Å². The number of unbranched alkanes of at least 4 members (excludes halogenated alkanes) is 1. The van der Waals surface area contributed by atoms with Crippen LogP contribution in [0.4, 0.5) is 4.39 Å². The molecule has 0 fully saturated rings. The maximum atomic E-state index is 13.7. The molecule has 110 valence electrons. The molecule has 1 aromatic rings. The van der Waals surface area contributed by atoms with Crippen molar-refractivity contribution in [2.24, 2.45) is 5.41 Å². The molecule has 0 radical (unpaired) electrons. The van der Waals surface area contributed by atoms with Gasteiger partial charge in [0.15, 0.2) is 0 Å². The Bertz CT molecular complexity index is 462. The van der Waals surface area contributed by atoms with Gasteiger partial charge in [0.25, 0.3) is 0 Å². The normalized spacial score (nSPS) is 13.2. The van der Waals surface area contributed by atoms with Gasteiger partial charge in [0.05, 0.1) is 11.5 Å². The second kappa shape index (κ2) is 7.40. The minimum atomic E-state index is -0.240. The summed E-state index contributed by atoms with van der Waals surface area (Å²) in [5.41, 5.74) is 0.503. The first kappa shape index (κ1) is 16.7. The van der Waals surface area contributed by atoms with Gasteiger partial charge in [-0.3, -0.25) is 4.90 Å². The molecule has 0 aromatic heterocycles. The van der Waals surface area contributed by atoms with Gasteiger partial charge in [0.1, 0.15) is 5.82 Å². The van der Waals surface area contributed by atoms with Gasteiger partial charge in [0.2, 0.25) is 0 Å². The summed E-state index contributed by atoms with van der Waals surface area (Å²) in [6.07, 6.45) is 2.96. The van der Waals surface area contributed by atoms with Crippen molar-refractivity contribution in [3.63, 3.8) is 0 Å². The molecule has 3 heteroatoms. The van der Waals surface area contributed by atoms with Crippen LogP contribution < -0.4 is 0 Å². The summed E-state index contributed by atoms with van der Waals surface area (Å²) < 4.78 is 13.7. The van der Waals surface area contributed by atoms with Crippen molar-refractivity contribution in [3.05, 3.63) is 35.6 Å². The topological polar surface area (TPSA) is 27.0 Å². The van der Waals surface area contributed by atoms with E-state index in [9.17, 15) is 4.39 Å². The predicted octanol–water partition coefficient (Wildman–Crippen LogP) is 4.54. The molecule has 2 nitrogen and oxygen atoms in total. The lowest BCUT2D eigenvalue weighted by atomic mass is 9.89. The average Bonchev–Trinajstić information content (AvgIpc) is 2.43. The summed E-state index contributed by atoms with van der Waals surface area (Å²) in [4.78, 5) is 2.16. The second-order valence-electron chi connectivity index (χ2n) is 6.13. The molecule has 0 N–H and O–H groups in total.